The number of carbonyl (C=O) groups is 2. The molecule has 4 atom stereocenters. The lowest BCUT2D eigenvalue weighted by Crippen LogP contribution is -2.55. The van der Waals surface area contributed by atoms with Gasteiger partial charge in [0.15, 0.2) is 0 Å². The van der Waals surface area contributed by atoms with E-state index in [9.17, 15) is 14.7 Å². The van der Waals surface area contributed by atoms with E-state index >= 15 is 0 Å². The maximum absolute atomic E-state index is 14.0. The van der Waals surface area contributed by atoms with Crippen molar-refractivity contribution in [3.05, 3.63) is 93.0 Å². The molecule has 1 saturated carbocycles. The van der Waals surface area contributed by atoms with Crippen LogP contribution in [0.4, 0.5) is 0 Å². The smallest absolute Gasteiger partial charge is 0.255 e. The van der Waals surface area contributed by atoms with Crippen LogP contribution in [0.1, 0.15) is 79.4 Å². The molecule has 2 amide bonds. The van der Waals surface area contributed by atoms with Gasteiger partial charge in [0.25, 0.3) is 5.91 Å². The van der Waals surface area contributed by atoms with Gasteiger partial charge in [-0.15, -0.1) is 0 Å². The normalized spacial score (nSPS) is 24.3. The van der Waals surface area contributed by atoms with Crippen LogP contribution in [-0.4, -0.2) is 40.5 Å². The number of carbonyl (C=O) groups excluding carboxylic acids is 2. The lowest BCUT2D eigenvalue weighted by atomic mass is 9.76. The summed E-state index contributed by atoms with van der Waals surface area (Å²) in [7, 11) is 0. The third kappa shape index (κ3) is 5.79. The predicted octanol–water partition coefficient (Wildman–Crippen LogP) is 6.61. The first kappa shape index (κ1) is 27.4. The number of benzene rings is 2. The molecular weight excluding hydrogens is 507 g/mol. The Kier molecular flexibility index (Phi) is 9.12. The molecule has 1 heterocycles. The Morgan fingerprint density at radius 2 is 1.86 bits per heavy atom. The minimum atomic E-state index is -0.697. The molecular formula is C30H34Cl2N2O3. The van der Waals surface area contributed by atoms with Gasteiger partial charge in [-0.25, -0.2) is 0 Å². The van der Waals surface area contributed by atoms with E-state index in [2.05, 4.69) is 5.32 Å². The Hall–Kier alpha value is -2.60. The second-order valence-electron chi connectivity index (χ2n) is 9.71. The van der Waals surface area contributed by atoms with E-state index in [-0.39, 0.29) is 11.8 Å². The number of allylic oxidation sites excluding steroid dienone is 3. The van der Waals surface area contributed by atoms with Gasteiger partial charge >= 0.3 is 0 Å². The summed E-state index contributed by atoms with van der Waals surface area (Å²) in [5.41, 5.74) is 2.94. The summed E-state index contributed by atoms with van der Waals surface area (Å²) in [5.74, 6) is -1.06. The largest absolute Gasteiger partial charge is 0.391 e. The zero-order valence-corrected chi connectivity index (χ0v) is 22.8. The molecule has 0 saturated heterocycles. The van der Waals surface area contributed by atoms with E-state index in [1.54, 1.807) is 29.2 Å². The number of rotatable bonds is 7. The molecule has 7 heteroatoms. The van der Waals surface area contributed by atoms with Crippen molar-refractivity contribution in [3.8, 4) is 0 Å². The van der Waals surface area contributed by atoms with Crippen molar-refractivity contribution in [1.29, 1.82) is 0 Å². The molecule has 0 radical (unpaired) electrons. The maximum atomic E-state index is 14.0. The molecule has 37 heavy (non-hydrogen) atoms. The zero-order chi connectivity index (χ0) is 26.5. The number of amides is 2. The SMILES string of the molecule is CC=C/C(=C\C)CCNC(=O)[C@@H]1c2ccccc2C(=O)N([C@H]2CCCC[C@@H]2O)[C@H]1c1ccc(Cl)cc1Cl. The van der Waals surface area contributed by atoms with E-state index in [0.29, 0.717) is 52.5 Å². The van der Waals surface area contributed by atoms with Gasteiger partial charge in [-0.1, -0.05) is 84.1 Å². The van der Waals surface area contributed by atoms with Crippen LogP contribution in [0, 0.1) is 0 Å². The van der Waals surface area contributed by atoms with Gasteiger partial charge in [0.1, 0.15) is 0 Å². The highest BCUT2D eigenvalue weighted by Gasteiger charge is 2.48. The molecule has 2 aromatic carbocycles. The monoisotopic (exact) mass is 540 g/mol. The van der Waals surface area contributed by atoms with Gasteiger partial charge < -0.3 is 15.3 Å². The van der Waals surface area contributed by atoms with Gasteiger partial charge in [-0.3, -0.25) is 9.59 Å². The number of fused-ring (bicyclic) bond motifs is 1. The van der Waals surface area contributed by atoms with Crippen LogP contribution >= 0.6 is 23.2 Å². The fourth-order valence-corrected chi connectivity index (χ4v) is 6.19. The fraction of sp³-hybridized carbons (Fsp3) is 0.400. The number of nitrogens with one attached hydrogen (secondary N) is 1. The van der Waals surface area contributed by atoms with Gasteiger partial charge in [-0.05, 0) is 62.4 Å². The van der Waals surface area contributed by atoms with E-state index in [1.807, 2.05) is 50.3 Å². The Balaban J connectivity index is 1.80. The number of halogens is 2. The average Bonchev–Trinajstić information content (AvgIpc) is 2.89. The van der Waals surface area contributed by atoms with Gasteiger partial charge in [0, 0.05) is 22.2 Å². The molecule has 1 fully saturated rings. The van der Waals surface area contributed by atoms with E-state index in [4.69, 9.17) is 23.2 Å². The molecule has 0 unspecified atom stereocenters. The van der Waals surface area contributed by atoms with E-state index in [0.717, 1.165) is 18.4 Å². The highest BCUT2D eigenvalue weighted by atomic mass is 35.5. The lowest BCUT2D eigenvalue weighted by Gasteiger charge is -2.48. The quantitative estimate of drug-likeness (QED) is 0.388. The summed E-state index contributed by atoms with van der Waals surface area (Å²) in [6.07, 6.45) is 9.16. The average molecular weight is 542 g/mol. The molecule has 0 spiro atoms. The Morgan fingerprint density at radius 1 is 1.11 bits per heavy atom. The first-order valence-corrected chi connectivity index (χ1v) is 13.7. The van der Waals surface area contributed by atoms with Crippen LogP contribution in [0.3, 0.4) is 0 Å². The molecule has 1 aliphatic carbocycles. The van der Waals surface area contributed by atoms with Crippen molar-refractivity contribution in [2.45, 2.75) is 70.1 Å². The van der Waals surface area contributed by atoms with Crippen molar-refractivity contribution in [1.82, 2.24) is 10.2 Å². The molecule has 5 nitrogen and oxygen atoms in total. The van der Waals surface area contributed by atoms with Crippen LogP contribution in [0.5, 0.6) is 0 Å². The summed E-state index contributed by atoms with van der Waals surface area (Å²) in [4.78, 5) is 29.7. The topological polar surface area (TPSA) is 69.6 Å². The highest BCUT2D eigenvalue weighted by Crippen LogP contribution is 2.47. The van der Waals surface area contributed by atoms with E-state index in [1.165, 1.54) is 0 Å². The summed E-state index contributed by atoms with van der Waals surface area (Å²) in [6, 6.07) is 11.4. The minimum absolute atomic E-state index is 0.179. The number of hydrogen-bond acceptors (Lipinski definition) is 3. The molecule has 4 rings (SSSR count). The van der Waals surface area contributed by atoms with E-state index < -0.39 is 24.1 Å². The number of aliphatic hydroxyl groups excluding tert-OH is 1. The van der Waals surface area contributed by atoms with Crippen LogP contribution in [0.2, 0.25) is 10.0 Å². The first-order chi connectivity index (χ1) is 17.9. The number of nitrogens with zero attached hydrogens (tertiary/aromatic N) is 1. The van der Waals surface area contributed by atoms with Gasteiger partial charge in [0.2, 0.25) is 5.91 Å². The van der Waals surface area contributed by atoms with Crippen LogP contribution in [0.15, 0.2) is 66.3 Å². The zero-order valence-electron chi connectivity index (χ0n) is 21.3. The first-order valence-electron chi connectivity index (χ1n) is 13.0. The Morgan fingerprint density at radius 3 is 2.57 bits per heavy atom. The third-order valence-electron chi connectivity index (χ3n) is 7.46. The molecule has 1 aliphatic heterocycles. The van der Waals surface area contributed by atoms with Crippen molar-refractivity contribution in [3.63, 3.8) is 0 Å². The maximum Gasteiger partial charge on any atom is 0.255 e. The molecule has 0 bridgehead atoms. The molecule has 196 valence electrons. The number of aliphatic hydroxyl groups is 1. The van der Waals surface area contributed by atoms with Crippen molar-refractivity contribution >= 4 is 35.0 Å². The summed E-state index contributed by atoms with van der Waals surface area (Å²) >= 11 is 12.9. The van der Waals surface area contributed by atoms with Crippen molar-refractivity contribution in [2.75, 3.05) is 6.54 Å². The predicted molar refractivity (Wildman–Crippen MR) is 149 cm³/mol. The second-order valence-corrected chi connectivity index (χ2v) is 10.6. The summed E-state index contributed by atoms with van der Waals surface area (Å²) in [6.45, 7) is 4.40. The van der Waals surface area contributed by atoms with Crippen LogP contribution in [-0.2, 0) is 4.79 Å². The molecule has 2 aromatic rings. The second kappa shape index (κ2) is 12.3. The van der Waals surface area contributed by atoms with Crippen LogP contribution in [0.25, 0.3) is 0 Å². The fourth-order valence-electron chi connectivity index (χ4n) is 5.67. The number of hydrogen-bond donors (Lipinski definition) is 2. The molecule has 2 N–H and O–H groups in total. The Bertz CT molecular complexity index is 1210. The molecule has 2 aliphatic rings. The molecule has 0 aromatic heterocycles. The van der Waals surface area contributed by atoms with Gasteiger partial charge in [0.05, 0.1) is 24.1 Å². The highest BCUT2D eigenvalue weighted by molar-refractivity contribution is 6.35. The van der Waals surface area contributed by atoms with Crippen molar-refractivity contribution < 1.29 is 14.7 Å². The third-order valence-corrected chi connectivity index (χ3v) is 8.02. The minimum Gasteiger partial charge on any atom is -0.391 e. The standard InChI is InChI=1S/C30H34Cl2N2O3/c1-3-9-19(4-2)16-17-33-29(36)27-21-10-5-6-11-22(21)30(37)34(25-12-7-8-13-26(25)35)28(27)23-15-14-20(31)18-24(23)32/h3-6,9-11,14-15,18,25-28,35H,7-8,12-13,16-17H2,1-2H3,(H,33,36)/b9-3?,19-4+/t25-,26-,27+,28-/m0/s1. The van der Waals surface area contributed by atoms with Gasteiger partial charge in [-0.2, -0.15) is 0 Å². The summed E-state index contributed by atoms with van der Waals surface area (Å²) in [5, 5.41) is 15.0. The summed E-state index contributed by atoms with van der Waals surface area (Å²) < 4.78 is 0. The Labute approximate surface area is 229 Å². The van der Waals surface area contributed by atoms with Crippen molar-refractivity contribution in [2.24, 2.45) is 0 Å². The lowest BCUT2D eigenvalue weighted by molar-refractivity contribution is -0.125. The van der Waals surface area contributed by atoms with Crippen LogP contribution < -0.4 is 5.32 Å².